The molecule has 0 amide bonds. The molecule has 0 atom stereocenters. The zero-order valence-corrected chi connectivity index (χ0v) is 45.8. The minimum atomic E-state index is -1.19. The molecule has 0 aromatic carbocycles. The molecule has 0 aliphatic carbocycles. The van der Waals surface area contributed by atoms with E-state index in [-0.39, 0.29) is 0 Å². The van der Waals surface area contributed by atoms with E-state index in [1.165, 1.54) is 295 Å². The standard InChI is InChI=1S/C61H127P/c1-5-9-13-17-21-25-28-31-34-37-40-43-47-51-55-59-62(58-54-50-46-24-20-16-12-8-4,60-56-52-48-44-41-38-35-32-29-26-22-18-14-10-6-2)61-57-53-49-45-42-39-36-33-30-27-23-19-15-11-7-3/h62H,5-61H2,1-4H3. The fourth-order valence-electron chi connectivity index (χ4n) is 11.0. The average molecular weight is 892 g/mol. The van der Waals surface area contributed by atoms with Crippen LogP contribution in [0.3, 0.4) is 0 Å². The Kier molecular flexibility index (Phi) is 56.1. The van der Waals surface area contributed by atoms with Crippen LogP contribution in [0.2, 0.25) is 0 Å². The van der Waals surface area contributed by atoms with Crippen LogP contribution >= 0.6 is 7.26 Å². The van der Waals surface area contributed by atoms with Gasteiger partial charge in [-0.3, -0.25) is 0 Å². The van der Waals surface area contributed by atoms with Gasteiger partial charge in [-0.2, -0.15) is 0 Å². The van der Waals surface area contributed by atoms with E-state index < -0.39 is 7.26 Å². The summed E-state index contributed by atoms with van der Waals surface area (Å²) in [7, 11) is -1.19. The van der Waals surface area contributed by atoms with Crippen molar-refractivity contribution >= 4 is 7.26 Å². The molecular weight excluding hydrogens is 764 g/mol. The first kappa shape index (κ1) is 62.4. The molecule has 0 heterocycles. The number of unbranched alkanes of at least 4 members (excludes halogenated alkanes) is 49. The Balaban J connectivity index is 4.81. The van der Waals surface area contributed by atoms with Crippen molar-refractivity contribution in [1.29, 1.82) is 0 Å². The first-order valence-electron chi connectivity index (χ1n) is 30.7. The topological polar surface area (TPSA) is 0 Å². The third-order valence-electron chi connectivity index (χ3n) is 15.5. The molecule has 0 radical (unpaired) electrons. The van der Waals surface area contributed by atoms with Gasteiger partial charge >= 0.3 is 302 Å². The molecule has 376 valence electrons. The van der Waals surface area contributed by atoms with Gasteiger partial charge in [-0.1, -0.05) is 97.8 Å². The molecule has 0 aliphatic rings. The van der Waals surface area contributed by atoms with Crippen LogP contribution in [0, 0.1) is 0 Å². The summed E-state index contributed by atoms with van der Waals surface area (Å²) in [4.78, 5) is 0. The second-order valence-electron chi connectivity index (χ2n) is 21.8. The molecule has 0 spiro atoms. The van der Waals surface area contributed by atoms with Crippen molar-refractivity contribution in [2.45, 2.75) is 368 Å². The Labute approximate surface area is 398 Å². The second kappa shape index (κ2) is 55.8. The summed E-state index contributed by atoms with van der Waals surface area (Å²) in [5, 5.41) is 0. The van der Waals surface area contributed by atoms with Crippen molar-refractivity contribution in [2.75, 3.05) is 24.6 Å². The van der Waals surface area contributed by atoms with E-state index in [4.69, 9.17) is 0 Å². The van der Waals surface area contributed by atoms with Gasteiger partial charge in [-0.15, -0.1) is 0 Å². The Morgan fingerprint density at radius 3 is 0.339 bits per heavy atom. The quantitative estimate of drug-likeness (QED) is 0.0422. The van der Waals surface area contributed by atoms with Gasteiger partial charge in [0.2, 0.25) is 0 Å². The predicted molar refractivity (Wildman–Crippen MR) is 295 cm³/mol. The van der Waals surface area contributed by atoms with Gasteiger partial charge in [-0.25, -0.2) is 0 Å². The summed E-state index contributed by atoms with van der Waals surface area (Å²) < 4.78 is 0. The monoisotopic (exact) mass is 891 g/mol. The van der Waals surface area contributed by atoms with Gasteiger partial charge in [0.05, 0.1) is 0 Å². The first-order valence-corrected chi connectivity index (χ1v) is 33.6. The minimum Gasteiger partial charge on any atom is -0.0654 e. The molecule has 62 heavy (non-hydrogen) atoms. The van der Waals surface area contributed by atoms with Crippen molar-refractivity contribution in [3.63, 3.8) is 0 Å². The van der Waals surface area contributed by atoms with E-state index in [9.17, 15) is 0 Å². The van der Waals surface area contributed by atoms with E-state index in [1.54, 1.807) is 69.6 Å². The van der Waals surface area contributed by atoms with Crippen molar-refractivity contribution in [2.24, 2.45) is 0 Å². The molecule has 0 aromatic heterocycles. The van der Waals surface area contributed by atoms with Crippen LogP contribution < -0.4 is 0 Å². The Bertz CT molecular complexity index is 675. The molecule has 0 aliphatic heterocycles. The van der Waals surface area contributed by atoms with Crippen molar-refractivity contribution < 1.29 is 0 Å². The van der Waals surface area contributed by atoms with E-state index in [1.807, 2.05) is 0 Å². The maximum absolute atomic E-state index is 2.36. The Morgan fingerprint density at radius 1 is 0.129 bits per heavy atom. The molecule has 0 aromatic rings. The fourth-order valence-corrected chi connectivity index (χ4v) is 16.5. The van der Waals surface area contributed by atoms with Gasteiger partial charge in [0, 0.05) is 0 Å². The summed E-state index contributed by atoms with van der Waals surface area (Å²) in [6, 6.07) is 0. The fraction of sp³-hybridized carbons (Fsp3) is 1.00. The number of rotatable bonds is 57. The first-order chi connectivity index (χ1) is 30.7. The van der Waals surface area contributed by atoms with Gasteiger partial charge in [-0.05, 0) is 0 Å². The molecule has 0 fully saturated rings. The molecule has 0 nitrogen and oxygen atoms in total. The van der Waals surface area contributed by atoms with E-state index in [2.05, 4.69) is 27.7 Å². The summed E-state index contributed by atoms with van der Waals surface area (Å²) in [5.74, 6) is 0. The van der Waals surface area contributed by atoms with Gasteiger partial charge in [0.1, 0.15) is 0 Å². The van der Waals surface area contributed by atoms with Crippen LogP contribution in [-0.2, 0) is 0 Å². The SMILES string of the molecule is CCCCCCCCCCCCCCCCC[PH](CCCCCCCCCC)(CCCCCCCCCCCCCCCCC)CCCCCCCCCCCCCCCCC. The molecule has 0 saturated heterocycles. The minimum absolute atomic E-state index is 1.19. The zero-order chi connectivity index (χ0) is 44.8. The predicted octanol–water partition coefficient (Wildman–Crippen LogP) is 23.5. The third-order valence-corrected chi connectivity index (χ3v) is 21.1. The molecule has 0 saturated carbocycles. The van der Waals surface area contributed by atoms with Gasteiger partial charge in [0.25, 0.3) is 0 Å². The van der Waals surface area contributed by atoms with E-state index in [0.29, 0.717) is 0 Å². The average Bonchev–Trinajstić information content (AvgIpc) is 3.28. The van der Waals surface area contributed by atoms with Crippen LogP contribution in [-0.4, -0.2) is 24.6 Å². The normalized spacial score (nSPS) is 12.3. The van der Waals surface area contributed by atoms with Crippen LogP contribution in [0.25, 0.3) is 0 Å². The Hall–Kier alpha value is 0.430. The van der Waals surface area contributed by atoms with Crippen LogP contribution in [0.5, 0.6) is 0 Å². The smallest absolute Gasteiger partial charge is 0.0654 e. The van der Waals surface area contributed by atoms with Gasteiger partial charge < -0.3 is 0 Å². The molecule has 0 N–H and O–H groups in total. The van der Waals surface area contributed by atoms with Crippen molar-refractivity contribution in [3.8, 4) is 0 Å². The van der Waals surface area contributed by atoms with Crippen molar-refractivity contribution in [1.82, 2.24) is 0 Å². The summed E-state index contributed by atoms with van der Waals surface area (Å²) >= 11 is 0. The van der Waals surface area contributed by atoms with Crippen LogP contribution in [0.4, 0.5) is 0 Å². The molecule has 0 bridgehead atoms. The van der Waals surface area contributed by atoms with Gasteiger partial charge in [0.15, 0.2) is 0 Å². The molecule has 0 rings (SSSR count). The molecular formula is C61H127P. The van der Waals surface area contributed by atoms with Crippen LogP contribution in [0.15, 0.2) is 0 Å². The third kappa shape index (κ3) is 49.9. The van der Waals surface area contributed by atoms with E-state index >= 15 is 0 Å². The maximum atomic E-state index is 2.36. The summed E-state index contributed by atoms with van der Waals surface area (Å²) in [5.41, 5.74) is 0. The number of hydrogen-bond acceptors (Lipinski definition) is 0. The zero-order valence-electron chi connectivity index (χ0n) is 44.8. The Morgan fingerprint density at radius 2 is 0.226 bits per heavy atom. The molecule has 0 unspecified atom stereocenters. The number of hydrogen-bond donors (Lipinski definition) is 0. The van der Waals surface area contributed by atoms with E-state index in [0.717, 1.165) is 0 Å². The summed E-state index contributed by atoms with van der Waals surface area (Å²) in [6.45, 7) is 9.36. The second-order valence-corrected chi connectivity index (χ2v) is 26.8. The molecule has 1 heteroatoms. The van der Waals surface area contributed by atoms with Crippen molar-refractivity contribution in [3.05, 3.63) is 0 Å². The van der Waals surface area contributed by atoms with Crippen LogP contribution in [0.1, 0.15) is 368 Å². The summed E-state index contributed by atoms with van der Waals surface area (Å²) in [6.07, 6.45) is 86.0.